The van der Waals surface area contributed by atoms with Gasteiger partial charge in [0.05, 0.1) is 19.9 Å². The molecule has 0 radical (unpaired) electrons. The number of nitrogens with two attached hydrogens (primary N) is 1. The lowest BCUT2D eigenvalue weighted by Gasteiger charge is -2.36. The lowest BCUT2D eigenvalue weighted by atomic mass is 9.71. The Hall–Kier alpha value is -3.54. The molecule has 12 heteroatoms. The van der Waals surface area contributed by atoms with Gasteiger partial charge in [-0.25, -0.2) is 13.8 Å². The minimum Gasteiger partial charge on any atom is -0.496 e. The Labute approximate surface area is 232 Å². The smallest absolute Gasteiger partial charge is 0.254 e. The molecule has 6 rings (SSSR count). The molecule has 3 heterocycles. The van der Waals surface area contributed by atoms with Gasteiger partial charge in [0.25, 0.3) is 11.8 Å². The van der Waals surface area contributed by atoms with Crippen LogP contribution in [0.4, 0.5) is 20.5 Å². The number of hydrogen-bond acceptors (Lipinski definition) is 8. The lowest BCUT2D eigenvalue weighted by Crippen LogP contribution is -2.34. The Morgan fingerprint density at radius 1 is 1.23 bits per heavy atom. The van der Waals surface area contributed by atoms with Crippen molar-refractivity contribution in [1.82, 2.24) is 29.5 Å². The van der Waals surface area contributed by atoms with Gasteiger partial charge in [0, 0.05) is 43.6 Å². The third-order valence-corrected chi connectivity index (χ3v) is 8.22. The molecule has 3 aromatic rings. The quantitative estimate of drug-likeness (QED) is 0.453. The number of aromatic nitrogens is 4. The second-order valence-corrected chi connectivity index (χ2v) is 11.5. The van der Waals surface area contributed by atoms with Crippen LogP contribution in [-0.2, 0) is 6.54 Å². The van der Waals surface area contributed by atoms with Crippen molar-refractivity contribution in [2.24, 2.45) is 11.3 Å². The van der Waals surface area contributed by atoms with Crippen molar-refractivity contribution in [1.29, 1.82) is 0 Å². The van der Waals surface area contributed by atoms with E-state index in [1.54, 1.807) is 44.2 Å². The fraction of sp³-hybridized carbons (Fsp3) is 0.571. The summed E-state index contributed by atoms with van der Waals surface area (Å²) < 4.78 is 34.3. The van der Waals surface area contributed by atoms with Crippen LogP contribution in [0.3, 0.4) is 0 Å². The van der Waals surface area contributed by atoms with E-state index in [1.165, 1.54) is 30.8 Å². The predicted molar refractivity (Wildman–Crippen MR) is 150 cm³/mol. The van der Waals surface area contributed by atoms with E-state index in [0.717, 1.165) is 5.56 Å². The molecule has 216 valence electrons. The van der Waals surface area contributed by atoms with Gasteiger partial charge in [0.2, 0.25) is 5.95 Å². The highest BCUT2D eigenvalue weighted by molar-refractivity contribution is 5.94. The molecule has 1 spiro atoms. The molecule has 0 atom stereocenters. The number of hydrogen-bond donors (Lipinski definition) is 2. The van der Waals surface area contributed by atoms with Crippen molar-refractivity contribution in [3.63, 3.8) is 0 Å². The second-order valence-electron chi connectivity index (χ2n) is 11.5. The second kappa shape index (κ2) is 10.8. The normalized spacial score (nSPS) is 22.9. The Morgan fingerprint density at radius 2 is 1.93 bits per heavy atom. The zero-order valence-corrected chi connectivity index (χ0v) is 23.6. The van der Waals surface area contributed by atoms with Crippen LogP contribution in [0.15, 0.2) is 24.4 Å². The minimum atomic E-state index is -2.50. The minimum absolute atomic E-state index is 0.00867. The fourth-order valence-corrected chi connectivity index (χ4v) is 5.82. The molecule has 2 aliphatic carbocycles. The highest BCUT2D eigenvalue weighted by Crippen LogP contribution is 2.72. The number of ether oxygens (including phenoxy) is 1. The Morgan fingerprint density at radius 3 is 2.50 bits per heavy atom. The fourth-order valence-electron chi connectivity index (χ4n) is 5.82. The highest BCUT2D eigenvalue weighted by Gasteiger charge is 2.75. The first-order valence-electron chi connectivity index (χ1n) is 13.7. The van der Waals surface area contributed by atoms with Gasteiger partial charge >= 0.3 is 0 Å². The van der Waals surface area contributed by atoms with Crippen molar-refractivity contribution < 1.29 is 18.3 Å². The van der Waals surface area contributed by atoms with Crippen LogP contribution >= 0.6 is 0 Å². The van der Waals surface area contributed by atoms with Gasteiger partial charge in [-0.05, 0) is 63.9 Å². The number of benzene rings is 1. The maximum atomic E-state index is 13.5. The molecule has 0 bridgehead atoms. The lowest BCUT2D eigenvalue weighted by molar-refractivity contribution is 0.00528. The summed E-state index contributed by atoms with van der Waals surface area (Å²) in [6, 6.07) is 5.29. The summed E-state index contributed by atoms with van der Waals surface area (Å²) in [5, 5.41) is 7.74. The number of likely N-dealkylation sites (tertiary alicyclic amines) is 1. The third kappa shape index (κ3) is 5.54. The van der Waals surface area contributed by atoms with E-state index >= 15 is 0 Å². The van der Waals surface area contributed by atoms with Crippen LogP contribution in [0, 0.1) is 11.3 Å². The molecule has 2 saturated carbocycles. The molecule has 3 aliphatic rings. The molecule has 1 aromatic carbocycles. The molecular weight excluding hydrogens is 518 g/mol. The van der Waals surface area contributed by atoms with Gasteiger partial charge in [-0.2, -0.15) is 10.1 Å². The zero-order chi connectivity index (χ0) is 28.7. The van der Waals surface area contributed by atoms with Crippen molar-refractivity contribution in [2.75, 3.05) is 58.9 Å². The van der Waals surface area contributed by atoms with E-state index < -0.39 is 11.3 Å². The van der Waals surface area contributed by atoms with Crippen LogP contribution in [0.2, 0.25) is 0 Å². The van der Waals surface area contributed by atoms with Crippen molar-refractivity contribution in [3.05, 3.63) is 35.5 Å². The molecular formula is C28H38F2N8O2. The Bertz CT molecular complexity index is 1380. The standard InChI is InChI=1S/C23H27F2N7O2.C5H11N/c1-31(2)20(33)14-4-5-15(17(6-14)34-3)11-32-18-16(10-28-32)29-21(26)30-19(18)27-9-13-7-22(8-13)12-23(22,24)25;1-6-4-2-3-5-6/h4-6,10,13H,7-9,11-12H2,1-3H3,(H3,26,27,29,30);2-5H2,1H3. The summed E-state index contributed by atoms with van der Waals surface area (Å²) in [4.78, 5) is 24.8. The summed E-state index contributed by atoms with van der Waals surface area (Å²) in [6.07, 6.45) is 5.48. The van der Waals surface area contributed by atoms with E-state index in [1.807, 2.05) is 6.07 Å². The number of amides is 1. The molecule has 10 nitrogen and oxygen atoms in total. The van der Waals surface area contributed by atoms with Crippen LogP contribution in [0.25, 0.3) is 11.0 Å². The van der Waals surface area contributed by atoms with Crippen LogP contribution in [-0.4, -0.2) is 89.3 Å². The number of alkyl halides is 2. The summed E-state index contributed by atoms with van der Waals surface area (Å²) in [5.74, 6) is -1.27. The van der Waals surface area contributed by atoms with Crippen molar-refractivity contribution >= 4 is 28.7 Å². The first kappa shape index (κ1) is 28.0. The number of fused-ring (bicyclic) bond motifs is 1. The molecule has 1 amide bonds. The number of anilines is 2. The number of carbonyl (C=O) groups excluding carboxylic acids is 1. The summed E-state index contributed by atoms with van der Waals surface area (Å²) in [5.41, 5.74) is 7.71. The molecule has 3 fully saturated rings. The summed E-state index contributed by atoms with van der Waals surface area (Å²) in [6.45, 7) is 3.52. The van der Waals surface area contributed by atoms with Gasteiger partial charge < -0.3 is 25.6 Å². The maximum Gasteiger partial charge on any atom is 0.254 e. The number of methoxy groups -OCH3 is 1. The van der Waals surface area contributed by atoms with Gasteiger partial charge in [0.1, 0.15) is 16.8 Å². The van der Waals surface area contributed by atoms with E-state index in [9.17, 15) is 13.6 Å². The number of carbonyl (C=O) groups is 1. The van der Waals surface area contributed by atoms with E-state index in [0.29, 0.717) is 54.1 Å². The SMILES string of the molecule is CN1CCCC1.COc1cc(C(=O)N(C)C)ccc1Cn1ncc2nc(N)nc(NCC3CC4(C3)CC4(F)F)c21. The summed E-state index contributed by atoms with van der Waals surface area (Å²) >= 11 is 0. The average molecular weight is 557 g/mol. The van der Waals surface area contributed by atoms with Crippen LogP contribution in [0.5, 0.6) is 5.75 Å². The molecule has 3 N–H and O–H groups in total. The molecule has 1 aliphatic heterocycles. The maximum absolute atomic E-state index is 13.5. The number of nitrogens with one attached hydrogen (secondary N) is 1. The van der Waals surface area contributed by atoms with Gasteiger partial charge in [-0.1, -0.05) is 6.07 Å². The van der Waals surface area contributed by atoms with E-state index in [4.69, 9.17) is 10.5 Å². The topological polar surface area (TPSA) is 114 Å². The Kier molecular flexibility index (Phi) is 7.56. The van der Waals surface area contributed by atoms with E-state index in [-0.39, 0.29) is 24.2 Å². The van der Waals surface area contributed by atoms with Gasteiger partial charge in [0.15, 0.2) is 5.82 Å². The van der Waals surface area contributed by atoms with Crippen molar-refractivity contribution in [2.45, 2.75) is 44.6 Å². The molecule has 1 saturated heterocycles. The van der Waals surface area contributed by atoms with Crippen LogP contribution < -0.4 is 15.8 Å². The zero-order valence-electron chi connectivity index (χ0n) is 23.6. The highest BCUT2D eigenvalue weighted by atomic mass is 19.3. The van der Waals surface area contributed by atoms with Gasteiger partial charge in [-0.15, -0.1) is 0 Å². The molecule has 40 heavy (non-hydrogen) atoms. The number of nitrogen functional groups attached to an aromatic ring is 1. The predicted octanol–water partition coefficient (Wildman–Crippen LogP) is 3.73. The number of rotatable bonds is 7. The third-order valence-electron chi connectivity index (χ3n) is 8.22. The number of halogens is 2. The van der Waals surface area contributed by atoms with E-state index in [2.05, 4.69) is 32.3 Å². The van der Waals surface area contributed by atoms with Crippen LogP contribution in [0.1, 0.15) is 48.0 Å². The first-order chi connectivity index (χ1) is 19.0. The monoisotopic (exact) mass is 556 g/mol. The first-order valence-corrected chi connectivity index (χ1v) is 13.7. The number of nitrogens with zero attached hydrogens (tertiary/aromatic N) is 6. The van der Waals surface area contributed by atoms with Crippen molar-refractivity contribution in [3.8, 4) is 5.75 Å². The van der Waals surface area contributed by atoms with Gasteiger partial charge in [-0.3, -0.25) is 9.48 Å². The molecule has 2 aromatic heterocycles. The Balaban J connectivity index is 0.000000477. The largest absolute Gasteiger partial charge is 0.496 e. The average Bonchev–Trinajstić information content (AvgIpc) is 3.22. The molecule has 0 unspecified atom stereocenters. The summed E-state index contributed by atoms with van der Waals surface area (Å²) in [7, 11) is 7.11.